The smallest absolute Gasteiger partial charge is 0.217 e. The fourth-order valence-electron chi connectivity index (χ4n) is 1.52. The second kappa shape index (κ2) is 7.55. The van der Waals surface area contributed by atoms with Gasteiger partial charge in [-0.15, -0.1) is 0 Å². The Morgan fingerprint density at radius 3 is 2.72 bits per heavy atom. The molecule has 1 amide bonds. The number of hydrogen-bond donors (Lipinski definition) is 2. The summed E-state index contributed by atoms with van der Waals surface area (Å²) in [5, 5.41) is 9.05. The Bertz CT molecular complexity index is 393. The minimum Gasteiger partial charge on any atom is -0.493 e. The molecule has 5 heteroatoms. The number of ether oxygens (including phenoxy) is 2. The van der Waals surface area contributed by atoms with Crippen LogP contribution in [0.4, 0.5) is 0 Å². The van der Waals surface area contributed by atoms with E-state index >= 15 is 0 Å². The van der Waals surface area contributed by atoms with Gasteiger partial charge in [0.2, 0.25) is 5.91 Å². The van der Waals surface area contributed by atoms with Crippen LogP contribution in [0.2, 0.25) is 0 Å². The molecule has 0 aromatic heterocycles. The van der Waals surface area contributed by atoms with E-state index in [1.54, 1.807) is 25.3 Å². The second-order valence-corrected chi connectivity index (χ2v) is 3.92. The molecule has 5 nitrogen and oxygen atoms in total. The van der Waals surface area contributed by atoms with Crippen LogP contribution in [0.1, 0.15) is 24.8 Å². The van der Waals surface area contributed by atoms with Crippen LogP contribution in [-0.2, 0) is 11.4 Å². The molecule has 0 fully saturated rings. The zero-order valence-electron chi connectivity index (χ0n) is 10.5. The monoisotopic (exact) mass is 253 g/mol. The van der Waals surface area contributed by atoms with Gasteiger partial charge in [0.15, 0.2) is 11.5 Å². The van der Waals surface area contributed by atoms with Gasteiger partial charge < -0.3 is 20.3 Å². The Labute approximate surface area is 107 Å². The maximum absolute atomic E-state index is 10.6. The molecule has 0 aliphatic rings. The van der Waals surface area contributed by atoms with Gasteiger partial charge in [-0.2, -0.15) is 0 Å². The molecule has 1 aromatic rings. The van der Waals surface area contributed by atoms with E-state index in [1.165, 1.54) is 0 Å². The van der Waals surface area contributed by atoms with Gasteiger partial charge in [0.25, 0.3) is 0 Å². The summed E-state index contributed by atoms with van der Waals surface area (Å²) >= 11 is 0. The van der Waals surface area contributed by atoms with Crippen molar-refractivity contribution in [2.75, 3.05) is 13.7 Å². The molecule has 0 bridgehead atoms. The molecule has 0 heterocycles. The molecule has 0 atom stereocenters. The van der Waals surface area contributed by atoms with Gasteiger partial charge in [-0.05, 0) is 30.5 Å². The second-order valence-electron chi connectivity index (χ2n) is 3.92. The van der Waals surface area contributed by atoms with Gasteiger partial charge in [-0.1, -0.05) is 6.07 Å². The number of carbonyl (C=O) groups is 1. The summed E-state index contributed by atoms with van der Waals surface area (Å²) in [7, 11) is 1.56. The number of unbranched alkanes of at least 4 members (excludes halogenated alkanes) is 1. The fraction of sp³-hybridized carbons (Fsp3) is 0.462. The topological polar surface area (TPSA) is 81.8 Å². The number of amides is 1. The summed E-state index contributed by atoms with van der Waals surface area (Å²) in [4.78, 5) is 10.6. The molecule has 18 heavy (non-hydrogen) atoms. The van der Waals surface area contributed by atoms with E-state index in [0.29, 0.717) is 30.9 Å². The van der Waals surface area contributed by atoms with E-state index in [4.69, 9.17) is 20.3 Å². The number of rotatable bonds is 8. The van der Waals surface area contributed by atoms with Crippen LogP contribution in [0.15, 0.2) is 18.2 Å². The van der Waals surface area contributed by atoms with Crippen LogP contribution in [0.25, 0.3) is 0 Å². The Morgan fingerprint density at radius 2 is 2.11 bits per heavy atom. The van der Waals surface area contributed by atoms with Crippen molar-refractivity contribution in [1.82, 2.24) is 0 Å². The highest BCUT2D eigenvalue weighted by Crippen LogP contribution is 2.28. The van der Waals surface area contributed by atoms with Gasteiger partial charge in [-0.3, -0.25) is 4.79 Å². The number of hydrogen-bond acceptors (Lipinski definition) is 4. The molecule has 0 saturated heterocycles. The van der Waals surface area contributed by atoms with Crippen molar-refractivity contribution < 1.29 is 19.4 Å². The molecule has 0 unspecified atom stereocenters. The predicted octanol–water partition coefficient (Wildman–Crippen LogP) is 1.22. The lowest BCUT2D eigenvalue weighted by Crippen LogP contribution is -2.10. The quantitative estimate of drug-likeness (QED) is 0.682. The Morgan fingerprint density at radius 1 is 1.33 bits per heavy atom. The van der Waals surface area contributed by atoms with Crippen molar-refractivity contribution >= 4 is 5.91 Å². The van der Waals surface area contributed by atoms with E-state index < -0.39 is 0 Å². The number of aliphatic hydroxyl groups is 1. The van der Waals surface area contributed by atoms with Gasteiger partial charge in [-0.25, -0.2) is 0 Å². The van der Waals surface area contributed by atoms with Crippen molar-refractivity contribution in [3.63, 3.8) is 0 Å². The van der Waals surface area contributed by atoms with Crippen molar-refractivity contribution in [2.45, 2.75) is 25.9 Å². The molecule has 0 spiro atoms. The number of nitrogens with two attached hydrogens (primary N) is 1. The lowest BCUT2D eigenvalue weighted by Gasteiger charge is -2.11. The zero-order valence-corrected chi connectivity index (χ0v) is 10.5. The summed E-state index contributed by atoms with van der Waals surface area (Å²) in [6, 6.07) is 5.27. The highest BCUT2D eigenvalue weighted by Gasteiger charge is 2.05. The average molecular weight is 253 g/mol. The first-order valence-electron chi connectivity index (χ1n) is 5.86. The number of benzene rings is 1. The maximum Gasteiger partial charge on any atom is 0.217 e. The van der Waals surface area contributed by atoms with Crippen LogP contribution in [0.3, 0.4) is 0 Å². The SMILES string of the molecule is COc1ccc(CO)cc1OCCCCC(N)=O. The van der Waals surface area contributed by atoms with Crippen molar-refractivity contribution in [2.24, 2.45) is 5.73 Å². The van der Waals surface area contributed by atoms with Gasteiger partial charge in [0.1, 0.15) is 0 Å². The summed E-state index contributed by atoms with van der Waals surface area (Å²) in [5.74, 6) is 0.931. The third kappa shape index (κ3) is 4.63. The third-order valence-corrected chi connectivity index (χ3v) is 2.49. The summed E-state index contributed by atoms with van der Waals surface area (Å²) in [6.45, 7) is 0.445. The van der Waals surface area contributed by atoms with Crippen LogP contribution in [0, 0.1) is 0 Å². The Hall–Kier alpha value is -1.75. The highest BCUT2D eigenvalue weighted by atomic mass is 16.5. The standard InChI is InChI=1S/C13H19NO4/c1-17-11-6-5-10(9-15)8-12(11)18-7-3-2-4-13(14)16/h5-6,8,15H,2-4,7,9H2,1H3,(H2,14,16). The number of carbonyl (C=O) groups excluding carboxylic acids is 1. The van der Waals surface area contributed by atoms with Crippen LogP contribution in [-0.4, -0.2) is 24.7 Å². The number of aliphatic hydroxyl groups excluding tert-OH is 1. The third-order valence-electron chi connectivity index (χ3n) is 2.49. The molecule has 0 aliphatic heterocycles. The normalized spacial score (nSPS) is 10.1. The molecule has 0 radical (unpaired) electrons. The van der Waals surface area contributed by atoms with E-state index in [2.05, 4.69) is 0 Å². The van der Waals surface area contributed by atoms with Gasteiger partial charge in [0, 0.05) is 6.42 Å². The first kappa shape index (κ1) is 14.3. The fourth-order valence-corrected chi connectivity index (χ4v) is 1.52. The number of methoxy groups -OCH3 is 1. The van der Waals surface area contributed by atoms with Gasteiger partial charge >= 0.3 is 0 Å². The van der Waals surface area contributed by atoms with E-state index in [0.717, 1.165) is 12.0 Å². The van der Waals surface area contributed by atoms with Crippen LogP contribution >= 0.6 is 0 Å². The largest absolute Gasteiger partial charge is 0.493 e. The highest BCUT2D eigenvalue weighted by molar-refractivity contribution is 5.73. The molecule has 100 valence electrons. The molecular weight excluding hydrogens is 234 g/mol. The first-order chi connectivity index (χ1) is 8.67. The summed E-state index contributed by atoms with van der Waals surface area (Å²) in [6.07, 6.45) is 1.82. The lowest BCUT2D eigenvalue weighted by molar-refractivity contribution is -0.118. The molecule has 1 aromatic carbocycles. The van der Waals surface area contributed by atoms with Crippen LogP contribution < -0.4 is 15.2 Å². The molecule has 0 saturated carbocycles. The summed E-state index contributed by atoms with van der Waals surface area (Å²) < 4.78 is 10.7. The number of primary amides is 1. The molecule has 1 rings (SSSR count). The van der Waals surface area contributed by atoms with Crippen molar-refractivity contribution in [3.05, 3.63) is 23.8 Å². The molecule has 0 aliphatic carbocycles. The summed E-state index contributed by atoms with van der Waals surface area (Å²) in [5.41, 5.74) is 5.81. The van der Waals surface area contributed by atoms with Gasteiger partial charge in [0.05, 0.1) is 20.3 Å². The minimum absolute atomic E-state index is 0.0397. The predicted molar refractivity (Wildman–Crippen MR) is 67.5 cm³/mol. The maximum atomic E-state index is 10.6. The minimum atomic E-state index is -0.296. The van der Waals surface area contributed by atoms with E-state index in [9.17, 15) is 4.79 Å². The zero-order chi connectivity index (χ0) is 13.4. The average Bonchev–Trinajstić information content (AvgIpc) is 2.37. The molecular formula is C13H19NO4. The van der Waals surface area contributed by atoms with Crippen LogP contribution in [0.5, 0.6) is 11.5 Å². The van der Waals surface area contributed by atoms with E-state index in [1.807, 2.05) is 0 Å². The Balaban J connectivity index is 2.47. The Kier molecular flexibility index (Phi) is 6.00. The van der Waals surface area contributed by atoms with E-state index in [-0.39, 0.29) is 12.5 Å². The lowest BCUT2D eigenvalue weighted by atomic mass is 10.2. The van der Waals surface area contributed by atoms with Crippen molar-refractivity contribution in [3.8, 4) is 11.5 Å². The molecule has 3 N–H and O–H groups in total. The van der Waals surface area contributed by atoms with Crippen molar-refractivity contribution in [1.29, 1.82) is 0 Å². The first-order valence-corrected chi connectivity index (χ1v) is 5.86.